The molecule has 0 atom stereocenters. The van der Waals surface area contributed by atoms with Crippen LogP contribution in [0, 0.1) is 0 Å². The highest BCUT2D eigenvalue weighted by atomic mass is 16.5. The molecule has 0 radical (unpaired) electrons. The fourth-order valence-electron chi connectivity index (χ4n) is 6.89. The second-order valence-electron chi connectivity index (χ2n) is 13.4. The lowest BCUT2D eigenvalue weighted by molar-refractivity contribution is 0.273. The van der Waals surface area contributed by atoms with Crippen LogP contribution in [0.1, 0.15) is 33.9 Å². The van der Waals surface area contributed by atoms with E-state index in [9.17, 15) is 0 Å². The molecule has 276 valence electrons. The van der Waals surface area contributed by atoms with E-state index in [1.54, 1.807) is 0 Å². The van der Waals surface area contributed by atoms with E-state index in [1.165, 1.54) is 11.1 Å². The molecule has 0 spiro atoms. The average Bonchev–Trinajstić information content (AvgIpc) is 3.83. The van der Waals surface area contributed by atoms with Crippen LogP contribution >= 0.6 is 0 Å². The van der Waals surface area contributed by atoms with Gasteiger partial charge in [-0.15, -0.1) is 10.2 Å². The Morgan fingerprint density at radius 2 is 0.661 bits per heavy atom. The van der Waals surface area contributed by atoms with Crippen molar-refractivity contribution >= 4 is 0 Å². The maximum absolute atomic E-state index is 6.23. The Balaban J connectivity index is 0.000000146. The number of aromatic nitrogens is 6. The summed E-state index contributed by atoms with van der Waals surface area (Å²) in [4.78, 5) is 0. The molecular weight excluding hydrogens is 701 g/mol. The van der Waals surface area contributed by atoms with Crippen molar-refractivity contribution in [3.05, 3.63) is 192 Å². The molecule has 10 rings (SSSR count). The molecule has 0 N–H and O–H groups in total. The van der Waals surface area contributed by atoms with E-state index in [-0.39, 0.29) is 0 Å². The Morgan fingerprint density at radius 3 is 1.02 bits per heavy atom. The van der Waals surface area contributed by atoms with E-state index in [0.29, 0.717) is 39.5 Å². The molecule has 10 nitrogen and oxygen atoms in total. The van der Waals surface area contributed by atoms with Crippen LogP contribution < -0.4 is 18.9 Å². The van der Waals surface area contributed by atoms with Gasteiger partial charge >= 0.3 is 0 Å². The summed E-state index contributed by atoms with van der Waals surface area (Å²) in [6.45, 7) is 2.77. The van der Waals surface area contributed by atoms with Crippen LogP contribution in [-0.4, -0.2) is 30.0 Å². The van der Waals surface area contributed by atoms with Crippen molar-refractivity contribution in [1.82, 2.24) is 30.0 Å². The first-order valence-electron chi connectivity index (χ1n) is 18.6. The Bertz CT molecular complexity index is 2390. The minimum atomic E-state index is 0.354. The van der Waals surface area contributed by atoms with Crippen molar-refractivity contribution in [1.29, 1.82) is 0 Å². The number of nitrogens with zero attached hydrogens (tertiary/aromatic N) is 6. The molecule has 0 amide bonds. The predicted octanol–water partition coefficient (Wildman–Crippen LogP) is 8.93. The van der Waals surface area contributed by atoms with Crippen LogP contribution in [0.3, 0.4) is 0 Å². The van der Waals surface area contributed by atoms with Gasteiger partial charge in [-0.1, -0.05) is 144 Å². The minimum Gasteiger partial charge on any atom is -0.487 e. The summed E-state index contributed by atoms with van der Waals surface area (Å²) >= 11 is 0. The second-order valence-corrected chi connectivity index (χ2v) is 13.4. The minimum absolute atomic E-state index is 0.354. The highest BCUT2D eigenvalue weighted by molar-refractivity contribution is 5.76. The zero-order valence-electron chi connectivity index (χ0n) is 30.6. The predicted molar refractivity (Wildman–Crippen MR) is 212 cm³/mol. The summed E-state index contributed by atoms with van der Waals surface area (Å²) in [5.74, 6) is 3.26. The van der Waals surface area contributed by atoms with Crippen molar-refractivity contribution < 1.29 is 18.9 Å². The topological polar surface area (TPSA) is 98.3 Å². The number of hydrogen-bond donors (Lipinski definition) is 0. The molecule has 10 heteroatoms. The van der Waals surface area contributed by atoms with Gasteiger partial charge in [0.25, 0.3) is 0 Å². The van der Waals surface area contributed by atoms with Gasteiger partial charge in [-0.05, 0) is 35.4 Å². The van der Waals surface area contributed by atoms with Gasteiger partial charge in [0.1, 0.15) is 72.2 Å². The van der Waals surface area contributed by atoms with Gasteiger partial charge in [0.2, 0.25) is 0 Å². The molecule has 2 aliphatic heterocycles. The monoisotopic (exact) mass is 738 g/mol. The van der Waals surface area contributed by atoms with Gasteiger partial charge in [0.05, 0.1) is 13.1 Å². The Labute approximate surface area is 324 Å². The van der Waals surface area contributed by atoms with Crippen molar-refractivity contribution in [2.45, 2.75) is 39.5 Å². The summed E-state index contributed by atoms with van der Waals surface area (Å²) in [5, 5.41) is 17.4. The van der Waals surface area contributed by atoms with Gasteiger partial charge in [-0.25, -0.2) is 9.36 Å². The van der Waals surface area contributed by atoms with Crippen LogP contribution in [0.5, 0.6) is 23.0 Å². The smallest absolute Gasteiger partial charge is 0.134 e. The van der Waals surface area contributed by atoms with Gasteiger partial charge < -0.3 is 18.9 Å². The average molecular weight is 739 g/mol. The summed E-state index contributed by atoms with van der Waals surface area (Å²) in [6.07, 6.45) is 0. The summed E-state index contributed by atoms with van der Waals surface area (Å²) in [5.41, 5.74) is 9.84. The number of para-hydroxylation sites is 4. The summed E-state index contributed by atoms with van der Waals surface area (Å²) in [6, 6.07) is 52.5. The third-order valence-electron chi connectivity index (χ3n) is 9.77. The fourth-order valence-corrected chi connectivity index (χ4v) is 6.89. The van der Waals surface area contributed by atoms with Crippen molar-refractivity contribution in [3.63, 3.8) is 0 Å². The van der Waals surface area contributed by atoms with E-state index in [4.69, 9.17) is 18.9 Å². The van der Waals surface area contributed by atoms with Crippen LogP contribution in [0.4, 0.5) is 0 Å². The van der Waals surface area contributed by atoms with E-state index in [1.807, 2.05) is 131 Å². The highest BCUT2D eigenvalue weighted by Crippen LogP contribution is 2.39. The Morgan fingerprint density at radius 1 is 0.357 bits per heavy atom. The number of benzene rings is 6. The quantitative estimate of drug-likeness (QED) is 0.177. The second kappa shape index (κ2) is 16.0. The van der Waals surface area contributed by atoms with Crippen molar-refractivity contribution in [2.75, 3.05) is 0 Å². The lowest BCUT2D eigenvalue weighted by Crippen LogP contribution is -2.12. The number of ether oxygens (including phenoxy) is 4. The van der Waals surface area contributed by atoms with Crippen LogP contribution in [0.15, 0.2) is 158 Å². The maximum Gasteiger partial charge on any atom is 0.134 e. The fraction of sp³-hybridized carbons (Fsp3) is 0.130. The molecule has 0 fully saturated rings. The zero-order chi connectivity index (χ0) is 37.5. The third kappa shape index (κ3) is 7.45. The zero-order valence-corrected chi connectivity index (χ0v) is 30.6. The Hall–Kier alpha value is -7.20. The lowest BCUT2D eigenvalue weighted by atomic mass is 10.0. The molecule has 0 saturated carbocycles. The number of hydrogen-bond acceptors (Lipinski definition) is 8. The highest BCUT2D eigenvalue weighted by Gasteiger charge is 2.21. The summed E-state index contributed by atoms with van der Waals surface area (Å²) in [7, 11) is 0. The largest absolute Gasteiger partial charge is 0.487 e. The molecule has 0 saturated heterocycles. The molecule has 2 aromatic heterocycles. The molecule has 2 aliphatic rings. The molecule has 0 bridgehead atoms. The SMILES string of the molecule is c1ccc(Cn2nnc3c2COc2ccccc2-c2ccccc2OC3)cc1.c1ccc(Cn2nnc3c2COc2ccccc2-c2ccccc2OC3)cc1. The van der Waals surface area contributed by atoms with Crippen LogP contribution in [0.2, 0.25) is 0 Å². The molecule has 56 heavy (non-hydrogen) atoms. The van der Waals surface area contributed by atoms with E-state index in [0.717, 1.165) is 68.0 Å². The van der Waals surface area contributed by atoms with Gasteiger partial charge in [-0.3, -0.25) is 0 Å². The first-order chi connectivity index (χ1) is 27.8. The maximum atomic E-state index is 6.23. The molecule has 8 aromatic rings. The molecule has 6 aromatic carbocycles. The molecule has 4 heterocycles. The molecule has 0 unspecified atom stereocenters. The van der Waals surface area contributed by atoms with Crippen LogP contribution in [-0.2, 0) is 39.5 Å². The standard InChI is InChI=1S/2C23H19N3O2/c2*1-2-8-17(9-3-1)14-26-21-16-28-23-13-7-5-11-19(23)18-10-4-6-12-22(18)27-15-20(21)24-25-26/h2*1-13H,14-16H2. The molecular formula is C46H38N6O4. The van der Waals surface area contributed by atoms with E-state index in [2.05, 4.69) is 57.0 Å². The van der Waals surface area contributed by atoms with Gasteiger partial charge in [-0.2, -0.15) is 0 Å². The van der Waals surface area contributed by atoms with E-state index < -0.39 is 0 Å². The third-order valence-corrected chi connectivity index (χ3v) is 9.77. The number of rotatable bonds is 4. The van der Waals surface area contributed by atoms with Gasteiger partial charge in [0, 0.05) is 22.3 Å². The van der Waals surface area contributed by atoms with Crippen LogP contribution in [0.25, 0.3) is 22.3 Å². The first-order valence-corrected chi connectivity index (χ1v) is 18.6. The summed E-state index contributed by atoms with van der Waals surface area (Å²) < 4.78 is 28.5. The number of fused-ring (bicyclic) bond motifs is 8. The Kier molecular flexibility index (Phi) is 9.90. The lowest BCUT2D eigenvalue weighted by Gasteiger charge is -2.18. The normalized spacial score (nSPS) is 12.7. The van der Waals surface area contributed by atoms with Crippen molar-refractivity contribution in [3.8, 4) is 45.3 Å². The van der Waals surface area contributed by atoms with Crippen molar-refractivity contribution in [2.24, 2.45) is 0 Å². The van der Waals surface area contributed by atoms with E-state index >= 15 is 0 Å². The first kappa shape index (κ1) is 34.6. The van der Waals surface area contributed by atoms with Gasteiger partial charge in [0.15, 0.2) is 0 Å². The molecule has 0 aliphatic carbocycles.